The van der Waals surface area contributed by atoms with Crippen LogP contribution >= 0.6 is 0 Å². The average molecular weight is 186 g/mol. The first kappa shape index (κ1) is 9.64. The van der Waals surface area contributed by atoms with Gasteiger partial charge in [0, 0.05) is 6.92 Å². The number of halogens is 2. The minimum Gasteiger partial charge on any atom is -0.397 e. The van der Waals surface area contributed by atoms with Crippen molar-refractivity contribution in [3.05, 3.63) is 35.9 Å². The molecule has 0 heterocycles. The summed E-state index contributed by atoms with van der Waals surface area (Å²) in [5, 5.41) is 0. The Morgan fingerprint density at radius 3 is 2.31 bits per heavy atom. The second-order valence-electron chi connectivity index (χ2n) is 2.48. The molecule has 13 heavy (non-hydrogen) atoms. The Morgan fingerprint density at radius 1 is 1.31 bits per heavy atom. The van der Waals surface area contributed by atoms with Crippen molar-refractivity contribution in [3.8, 4) is 0 Å². The molecule has 70 valence electrons. The van der Waals surface area contributed by atoms with Crippen LogP contribution in [-0.2, 0) is 15.6 Å². The van der Waals surface area contributed by atoms with Gasteiger partial charge in [-0.3, -0.25) is 4.79 Å². The molecule has 0 aliphatic rings. The van der Waals surface area contributed by atoms with Crippen molar-refractivity contribution in [3.63, 3.8) is 0 Å². The zero-order valence-corrected chi connectivity index (χ0v) is 6.96. The highest BCUT2D eigenvalue weighted by atomic mass is 19.3. The fourth-order valence-electron chi connectivity index (χ4n) is 0.872. The van der Waals surface area contributed by atoms with E-state index in [9.17, 15) is 13.6 Å². The molecule has 4 heteroatoms. The third-order valence-electron chi connectivity index (χ3n) is 1.38. The number of carbonyl (C=O) groups is 1. The van der Waals surface area contributed by atoms with E-state index in [0.29, 0.717) is 0 Å². The van der Waals surface area contributed by atoms with Crippen molar-refractivity contribution in [2.24, 2.45) is 0 Å². The largest absolute Gasteiger partial charge is 0.428 e. The van der Waals surface area contributed by atoms with Crippen LogP contribution < -0.4 is 0 Å². The molecule has 0 saturated heterocycles. The SMILES string of the molecule is CC(=O)OC(F)(F)c1ccccc1. The summed E-state index contributed by atoms with van der Waals surface area (Å²) < 4.78 is 29.8. The zero-order valence-electron chi connectivity index (χ0n) is 6.96. The molecule has 1 rings (SSSR count). The van der Waals surface area contributed by atoms with Crippen LogP contribution in [0.4, 0.5) is 8.78 Å². The summed E-state index contributed by atoms with van der Waals surface area (Å²) in [6.45, 7) is 0.941. The molecule has 2 nitrogen and oxygen atoms in total. The lowest BCUT2D eigenvalue weighted by molar-refractivity contribution is -0.238. The van der Waals surface area contributed by atoms with Crippen LogP contribution in [0.2, 0.25) is 0 Å². The summed E-state index contributed by atoms with van der Waals surface area (Å²) in [5.41, 5.74) is -0.329. The third kappa shape index (κ3) is 2.50. The lowest BCUT2D eigenvalue weighted by Crippen LogP contribution is -2.20. The van der Waals surface area contributed by atoms with Crippen molar-refractivity contribution in [2.45, 2.75) is 13.0 Å². The predicted molar refractivity (Wildman–Crippen MR) is 42.1 cm³/mol. The molecular weight excluding hydrogens is 178 g/mol. The zero-order chi connectivity index (χ0) is 9.90. The highest BCUT2D eigenvalue weighted by Crippen LogP contribution is 2.28. The van der Waals surface area contributed by atoms with Gasteiger partial charge in [0.25, 0.3) is 0 Å². The maximum absolute atomic E-state index is 13.0. The molecule has 1 aromatic carbocycles. The molecule has 0 amide bonds. The molecule has 0 spiro atoms. The number of alkyl halides is 2. The summed E-state index contributed by atoms with van der Waals surface area (Å²) in [5.74, 6) is -1.01. The molecule has 0 aromatic heterocycles. The quantitative estimate of drug-likeness (QED) is 0.662. The van der Waals surface area contributed by atoms with E-state index in [1.807, 2.05) is 0 Å². The standard InChI is InChI=1S/C9H8F2O2/c1-7(12)13-9(10,11)8-5-3-2-4-6-8/h2-6H,1H3. The van der Waals surface area contributed by atoms with Crippen molar-refractivity contribution in [1.82, 2.24) is 0 Å². The smallest absolute Gasteiger partial charge is 0.397 e. The monoisotopic (exact) mass is 186 g/mol. The highest BCUT2D eigenvalue weighted by Gasteiger charge is 2.35. The molecular formula is C9H8F2O2. The average Bonchev–Trinajstić information content (AvgIpc) is 2.04. The first-order valence-corrected chi connectivity index (χ1v) is 3.65. The summed E-state index contributed by atoms with van der Waals surface area (Å²) >= 11 is 0. The number of hydrogen-bond acceptors (Lipinski definition) is 2. The molecule has 0 aliphatic heterocycles. The lowest BCUT2D eigenvalue weighted by Gasteiger charge is -2.15. The van der Waals surface area contributed by atoms with E-state index in [4.69, 9.17) is 0 Å². The Morgan fingerprint density at radius 2 is 1.85 bits per heavy atom. The van der Waals surface area contributed by atoms with Gasteiger partial charge >= 0.3 is 12.1 Å². The molecule has 0 N–H and O–H groups in total. The van der Waals surface area contributed by atoms with Gasteiger partial charge in [0.2, 0.25) is 0 Å². The van der Waals surface area contributed by atoms with E-state index in [-0.39, 0.29) is 5.56 Å². The molecule has 0 saturated carbocycles. The van der Waals surface area contributed by atoms with E-state index in [0.717, 1.165) is 6.92 Å². The van der Waals surface area contributed by atoms with Crippen LogP contribution in [0.25, 0.3) is 0 Å². The number of rotatable bonds is 2. The van der Waals surface area contributed by atoms with E-state index in [1.165, 1.54) is 24.3 Å². The van der Waals surface area contributed by atoms with E-state index >= 15 is 0 Å². The molecule has 0 unspecified atom stereocenters. The van der Waals surface area contributed by atoms with Crippen molar-refractivity contribution < 1.29 is 18.3 Å². The first-order chi connectivity index (χ1) is 6.02. The third-order valence-corrected chi connectivity index (χ3v) is 1.38. The van der Waals surface area contributed by atoms with Gasteiger partial charge in [-0.25, -0.2) is 0 Å². The molecule has 0 atom stereocenters. The number of carbonyl (C=O) groups excluding carboxylic acids is 1. The lowest BCUT2D eigenvalue weighted by atomic mass is 10.2. The Kier molecular flexibility index (Phi) is 2.60. The second-order valence-corrected chi connectivity index (χ2v) is 2.48. The minimum absolute atomic E-state index is 0.329. The van der Waals surface area contributed by atoms with Gasteiger partial charge in [0.05, 0.1) is 5.56 Å². The van der Waals surface area contributed by atoms with Crippen molar-refractivity contribution in [1.29, 1.82) is 0 Å². The number of esters is 1. The van der Waals surface area contributed by atoms with Gasteiger partial charge in [-0.1, -0.05) is 18.2 Å². The van der Waals surface area contributed by atoms with Gasteiger partial charge < -0.3 is 4.74 Å². The highest BCUT2D eigenvalue weighted by molar-refractivity contribution is 5.66. The maximum Gasteiger partial charge on any atom is 0.428 e. The first-order valence-electron chi connectivity index (χ1n) is 3.65. The Hall–Kier alpha value is -1.45. The molecule has 0 aliphatic carbocycles. The van der Waals surface area contributed by atoms with Gasteiger partial charge in [-0.2, -0.15) is 8.78 Å². The van der Waals surface area contributed by atoms with E-state index < -0.39 is 12.1 Å². The van der Waals surface area contributed by atoms with Crippen molar-refractivity contribution >= 4 is 5.97 Å². The summed E-state index contributed by atoms with van der Waals surface area (Å²) in [7, 11) is 0. The van der Waals surface area contributed by atoms with E-state index in [1.54, 1.807) is 6.07 Å². The molecule has 0 bridgehead atoms. The Bertz CT molecular complexity index is 296. The fraction of sp³-hybridized carbons (Fsp3) is 0.222. The van der Waals surface area contributed by atoms with Crippen LogP contribution in [0, 0.1) is 0 Å². The van der Waals surface area contributed by atoms with Crippen LogP contribution in [-0.4, -0.2) is 5.97 Å². The van der Waals surface area contributed by atoms with Crippen LogP contribution in [0.1, 0.15) is 12.5 Å². The predicted octanol–water partition coefficient (Wildman–Crippen LogP) is 2.30. The molecule has 0 fully saturated rings. The maximum atomic E-state index is 13.0. The van der Waals surface area contributed by atoms with E-state index in [2.05, 4.69) is 4.74 Å². The van der Waals surface area contributed by atoms with Crippen LogP contribution in [0.5, 0.6) is 0 Å². The topological polar surface area (TPSA) is 26.3 Å². The Labute approximate surface area is 74.1 Å². The van der Waals surface area contributed by atoms with Crippen LogP contribution in [0.3, 0.4) is 0 Å². The van der Waals surface area contributed by atoms with Crippen molar-refractivity contribution in [2.75, 3.05) is 0 Å². The molecule has 0 radical (unpaired) electrons. The Balaban J connectivity index is 2.87. The van der Waals surface area contributed by atoms with Crippen LogP contribution in [0.15, 0.2) is 30.3 Å². The van der Waals surface area contributed by atoms with Gasteiger partial charge in [-0.15, -0.1) is 0 Å². The molecule has 1 aromatic rings. The van der Waals surface area contributed by atoms with Gasteiger partial charge in [0.15, 0.2) is 0 Å². The number of benzene rings is 1. The number of hydrogen-bond donors (Lipinski definition) is 0. The normalized spacial score (nSPS) is 11.0. The van der Waals surface area contributed by atoms with Gasteiger partial charge in [0.1, 0.15) is 0 Å². The minimum atomic E-state index is -3.53. The second kappa shape index (κ2) is 3.51. The summed E-state index contributed by atoms with van der Waals surface area (Å²) in [4.78, 5) is 10.3. The summed E-state index contributed by atoms with van der Waals surface area (Å²) in [6.07, 6.45) is -3.53. The fourth-order valence-corrected chi connectivity index (χ4v) is 0.872. The van der Waals surface area contributed by atoms with Gasteiger partial charge in [-0.05, 0) is 12.1 Å². The number of ether oxygens (including phenoxy) is 1. The summed E-state index contributed by atoms with van der Waals surface area (Å²) in [6, 6.07) is 6.90.